The van der Waals surface area contributed by atoms with Gasteiger partial charge in [-0.3, -0.25) is 0 Å². The molecule has 0 aromatic heterocycles. The maximum absolute atomic E-state index is 4.67. The van der Waals surface area contributed by atoms with Gasteiger partial charge in [-0.05, 0) is 57.5 Å². The van der Waals surface area contributed by atoms with Crippen LogP contribution < -0.4 is 10.3 Å². The van der Waals surface area contributed by atoms with Gasteiger partial charge in [-0.15, -0.1) is 0 Å². The topological polar surface area (TPSA) is 43.2 Å². The number of nitrogens with zero attached hydrogens (tertiary/aromatic N) is 4. The molecule has 0 radical (unpaired) electrons. The second-order valence-electron chi connectivity index (χ2n) is 7.39. The summed E-state index contributed by atoms with van der Waals surface area (Å²) in [4.78, 5) is 6.68. The number of nitrogens with one attached hydrogen (secondary N) is 1. The maximum Gasteiger partial charge on any atom is 0.156 e. The fourth-order valence-corrected chi connectivity index (χ4v) is 3.16. The Morgan fingerprint density at radius 2 is 1.90 bits per heavy atom. The smallest absolute Gasteiger partial charge is 0.156 e. The monoisotopic (exact) mass is 409 g/mol. The Hall–Kier alpha value is -2.82. The van der Waals surface area contributed by atoms with Gasteiger partial charge in [-0.25, -0.2) is 10.0 Å². The molecule has 0 atom stereocenters. The van der Waals surface area contributed by atoms with Crippen LogP contribution >= 0.6 is 0 Å². The highest BCUT2D eigenvalue weighted by Crippen LogP contribution is 2.22. The molecule has 164 valence electrons. The molecule has 1 aliphatic carbocycles. The van der Waals surface area contributed by atoms with Crippen LogP contribution in [0.15, 0.2) is 71.7 Å². The van der Waals surface area contributed by atoms with Crippen molar-refractivity contribution in [2.75, 3.05) is 18.6 Å². The van der Waals surface area contributed by atoms with Gasteiger partial charge in [0.05, 0.1) is 5.69 Å². The number of aryl methyl sites for hydroxylation is 1. The normalized spacial score (nSPS) is 14.5. The van der Waals surface area contributed by atoms with E-state index in [4.69, 9.17) is 0 Å². The summed E-state index contributed by atoms with van der Waals surface area (Å²) in [6, 6.07) is 8.54. The SMILES string of the molecule is C=CN(C)CC.C=NN(C(/C=C\C)=N/C(=C)NC1CCCCC1)c1ccccc1C. The molecule has 5 nitrogen and oxygen atoms in total. The zero-order valence-electron chi connectivity index (χ0n) is 19.3. The number of amidine groups is 1. The van der Waals surface area contributed by atoms with Gasteiger partial charge in [0.15, 0.2) is 5.84 Å². The summed E-state index contributed by atoms with van der Waals surface area (Å²) < 4.78 is 0. The standard InChI is InChI=1S/C20H28N4.C5H11N/c1-5-11-20(23-17(3)22-18-13-7-6-8-14-18)24(21-4)19-15-10-9-12-16(19)2;1-4-6(3)5-2/h5,9-12,15,18,22H,3-4,6-8,13-14H2,1-2H3;4H,1,5H2,2-3H3/b11-5-,23-20+;. The first-order valence-corrected chi connectivity index (χ1v) is 10.8. The van der Waals surface area contributed by atoms with Crippen molar-refractivity contribution >= 4 is 18.2 Å². The number of hydrogen-bond donors (Lipinski definition) is 1. The van der Waals surface area contributed by atoms with Gasteiger partial charge in [0, 0.05) is 26.4 Å². The first-order chi connectivity index (χ1) is 14.5. The lowest BCUT2D eigenvalue weighted by atomic mass is 9.96. The number of hydrazone groups is 1. The van der Waals surface area contributed by atoms with Crippen LogP contribution in [-0.4, -0.2) is 37.1 Å². The zero-order chi connectivity index (χ0) is 22.4. The molecule has 0 saturated heterocycles. The third-order valence-electron chi connectivity index (χ3n) is 5.05. The van der Waals surface area contributed by atoms with Crippen LogP contribution in [0.4, 0.5) is 5.69 Å². The Balaban J connectivity index is 0.000000656. The summed E-state index contributed by atoms with van der Waals surface area (Å²) in [6.45, 7) is 18.5. The van der Waals surface area contributed by atoms with Crippen molar-refractivity contribution in [3.05, 3.63) is 67.2 Å². The van der Waals surface area contributed by atoms with Gasteiger partial charge in [0.2, 0.25) is 0 Å². The fraction of sp³-hybridized carbons (Fsp3) is 0.440. The number of rotatable bonds is 8. The number of aliphatic imine (C=N–C) groups is 1. The van der Waals surface area contributed by atoms with Crippen LogP contribution in [0.3, 0.4) is 0 Å². The summed E-state index contributed by atoms with van der Waals surface area (Å²) in [7, 11) is 1.99. The van der Waals surface area contributed by atoms with E-state index in [0.29, 0.717) is 17.7 Å². The molecule has 0 heterocycles. The molecule has 1 aliphatic rings. The van der Waals surface area contributed by atoms with E-state index in [-0.39, 0.29) is 0 Å². The molecular weight excluding hydrogens is 370 g/mol. The number of hydrogen-bond acceptors (Lipinski definition) is 4. The summed E-state index contributed by atoms with van der Waals surface area (Å²) in [5.41, 5.74) is 2.09. The van der Waals surface area contributed by atoms with Crippen molar-refractivity contribution < 1.29 is 0 Å². The van der Waals surface area contributed by atoms with Gasteiger partial charge < -0.3 is 10.2 Å². The largest absolute Gasteiger partial charge is 0.381 e. The summed E-state index contributed by atoms with van der Waals surface area (Å²) >= 11 is 0. The van der Waals surface area contributed by atoms with Crippen LogP contribution in [0.2, 0.25) is 0 Å². The molecule has 1 N–H and O–H groups in total. The molecule has 30 heavy (non-hydrogen) atoms. The van der Waals surface area contributed by atoms with Crippen LogP contribution in [-0.2, 0) is 0 Å². The van der Waals surface area contributed by atoms with E-state index in [2.05, 4.69) is 55.2 Å². The van der Waals surface area contributed by atoms with E-state index in [9.17, 15) is 0 Å². The molecular formula is C25H39N5. The number of benzene rings is 1. The minimum Gasteiger partial charge on any atom is -0.381 e. The third kappa shape index (κ3) is 8.68. The molecule has 0 amide bonds. The zero-order valence-corrected chi connectivity index (χ0v) is 19.3. The van der Waals surface area contributed by atoms with Gasteiger partial charge in [0.25, 0.3) is 0 Å². The molecule has 0 bridgehead atoms. The Bertz CT molecular complexity index is 729. The molecule has 1 aromatic rings. The Kier molecular flexibility index (Phi) is 11.9. The highest BCUT2D eigenvalue weighted by atomic mass is 15.5. The molecule has 2 rings (SSSR count). The maximum atomic E-state index is 4.67. The van der Waals surface area contributed by atoms with Gasteiger partial charge in [0.1, 0.15) is 5.82 Å². The van der Waals surface area contributed by atoms with Gasteiger partial charge in [-0.2, -0.15) is 5.10 Å². The average Bonchev–Trinajstić information content (AvgIpc) is 2.76. The highest BCUT2D eigenvalue weighted by molar-refractivity contribution is 6.06. The number of allylic oxidation sites excluding steroid dienone is 1. The van der Waals surface area contributed by atoms with Crippen LogP contribution in [0.25, 0.3) is 0 Å². The van der Waals surface area contributed by atoms with Crippen molar-refractivity contribution in [3.63, 3.8) is 0 Å². The van der Waals surface area contributed by atoms with Crippen molar-refractivity contribution in [2.24, 2.45) is 10.1 Å². The molecule has 0 spiro atoms. The van der Waals surface area contributed by atoms with Crippen LogP contribution in [0.1, 0.15) is 51.5 Å². The van der Waals surface area contributed by atoms with E-state index >= 15 is 0 Å². The van der Waals surface area contributed by atoms with Gasteiger partial charge in [-0.1, -0.05) is 56.7 Å². The number of para-hydroxylation sites is 1. The third-order valence-corrected chi connectivity index (χ3v) is 5.05. The van der Waals surface area contributed by atoms with Crippen molar-refractivity contribution in [2.45, 2.75) is 58.9 Å². The van der Waals surface area contributed by atoms with E-state index in [0.717, 1.165) is 17.8 Å². The van der Waals surface area contributed by atoms with Crippen molar-refractivity contribution in [3.8, 4) is 0 Å². The molecule has 1 saturated carbocycles. The van der Waals surface area contributed by atoms with E-state index in [1.54, 1.807) is 11.2 Å². The molecule has 1 fully saturated rings. The minimum atomic E-state index is 0.477. The summed E-state index contributed by atoms with van der Waals surface area (Å²) in [5, 5.41) is 9.37. The highest BCUT2D eigenvalue weighted by Gasteiger charge is 2.15. The Labute approximate surface area is 183 Å². The molecule has 1 aromatic carbocycles. The lowest BCUT2D eigenvalue weighted by molar-refractivity contribution is 0.396. The van der Waals surface area contributed by atoms with Crippen molar-refractivity contribution in [1.29, 1.82) is 0 Å². The second-order valence-corrected chi connectivity index (χ2v) is 7.39. The van der Waals surface area contributed by atoms with Crippen LogP contribution in [0.5, 0.6) is 0 Å². The molecule has 5 heteroatoms. The average molecular weight is 410 g/mol. The van der Waals surface area contributed by atoms with Crippen LogP contribution in [0, 0.1) is 6.92 Å². The second kappa shape index (κ2) is 14.2. The summed E-state index contributed by atoms with van der Waals surface area (Å²) in [5.74, 6) is 1.38. The lowest BCUT2D eigenvalue weighted by Gasteiger charge is -2.25. The quantitative estimate of drug-likeness (QED) is 0.332. The fourth-order valence-electron chi connectivity index (χ4n) is 3.16. The Morgan fingerprint density at radius 1 is 1.23 bits per heavy atom. The van der Waals surface area contributed by atoms with E-state index in [1.165, 1.54) is 32.1 Å². The predicted molar refractivity (Wildman–Crippen MR) is 133 cm³/mol. The van der Waals surface area contributed by atoms with Gasteiger partial charge >= 0.3 is 0 Å². The summed E-state index contributed by atoms with van der Waals surface area (Å²) in [6.07, 6.45) is 11.9. The Morgan fingerprint density at radius 3 is 2.40 bits per heavy atom. The molecule has 0 aliphatic heterocycles. The van der Waals surface area contributed by atoms with E-state index < -0.39 is 0 Å². The van der Waals surface area contributed by atoms with E-state index in [1.807, 2.05) is 49.2 Å². The minimum absolute atomic E-state index is 0.477. The first kappa shape index (κ1) is 25.2. The molecule has 0 unspecified atom stereocenters. The lowest BCUT2D eigenvalue weighted by Crippen LogP contribution is -2.31. The predicted octanol–water partition coefficient (Wildman–Crippen LogP) is 5.87. The number of anilines is 1. The van der Waals surface area contributed by atoms with Crippen molar-refractivity contribution in [1.82, 2.24) is 10.2 Å². The first-order valence-electron chi connectivity index (χ1n) is 10.8.